The van der Waals surface area contributed by atoms with Crippen molar-refractivity contribution in [1.29, 1.82) is 0 Å². The van der Waals surface area contributed by atoms with Crippen LogP contribution >= 0.6 is 0 Å². The number of nitrogens with one attached hydrogen (secondary N) is 1. The first-order valence-electron chi connectivity index (χ1n) is 10.6. The van der Waals surface area contributed by atoms with E-state index in [1.54, 1.807) is 6.20 Å². The number of likely N-dealkylation sites (N-methyl/N-ethyl adjacent to an activating group) is 1. The molecule has 0 aliphatic carbocycles. The minimum Gasteiger partial charge on any atom is -0.372 e. The van der Waals surface area contributed by atoms with E-state index in [1.165, 1.54) is 18.5 Å². The Morgan fingerprint density at radius 2 is 1.59 bits per heavy atom. The van der Waals surface area contributed by atoms with Crippen LogP contribution in [0.1, 0.15) is 30.3 Å². The fraction of sp³-hybridized carbons (Fsp3) is 0.478. The number of nitrogens with zero attached hydrogens (tertiary/aromatic N) is 4. The van der Waals surface area contributed by atoms with Crippen molar-refractivity contribution in [3.8, 4) is 0 Å². The van der Waals surface area contributed by atoms with Crippen molar-refractivity contribution in [2.45, 2.75) is 19.8 Å². The molecule has 0 bridgehead atoms. The zero-order chi connectivity index (χ0) is 20.2. The summed E-state index contributed by atoms with van der Waals surface area (Å²) in [5.74, 6) is 0.652. The van der Waals surface area contributed by atoms with Gasteiger partial charge in [-0.25, -0.2) is 0 Å². The molecular weight excluding hydrogens is 362 g/mol. The topological polar surface area (TPSA) is 51.7 Å². The lowest BCUT2D eigenvalue weighted by atomic mass is 9.99. The molecule has 29 heavy (non-hydrogen) atoms. The Labute approximate surface area is 173 Å². The largest absolute Gasteiger partial charge is 0.372 e. The maximum Gasteiger partial charge on any atom is 0.274 e. The van der Waals surface area contributed by atoms with Crippen LogP contribution in [0, 0.1) is 5.92 Å². The highest BCUT2D eigenvalue weighted by Crippen LogP contribution is 2.24. The van der Waals surface area contributed by atoms with Gasteiger partial charge in [-0.15, -0.1) is 0 Å². The van der Waals surface area contributed by atoms with Crippen molar-refractivity contribution < 1.29 is 4.79 Å². The van der Waals surface area contributed by atoms with E-state index in [9.17, 15) is 4.79 Å². The zero-order valence-electron chi connectivity index (χ0n) is 17.5. The van der Waals surface area contributed by atoms with E-state index >= 15 is 0 Å². The predicted octanol–water partition coefficient (Wildman–Crippen LogP) is 3.32. The van der Waals surface area contributed by atoms with Crippen LogP contribution in [0.15, 0.2) is 42.6 Å². The molecule has 2 saturated heterocycles. The van der Waals surface area contributed by atoms with Gasteiger partial charge in [-0.05, 0) is 62.2 Å². The van der Waals surface area contributed by atoms with E-state index in [1.807, 2.05) is 24.3 Å². The Hall–Kier alpha value is -2.60. The highest BCUT2D eigenvalue weighted by Gasteiger charge is 2.18. The maximum absolute atomic E-state index is 12.7. The summed E-state index contributed by atoms with van der Waals surface area (Å²) in [5.41, 5.74) is 3.55. The maximum atomic E-state index is 12.7. The molecule has 6 heteroatoms. The lowest BCUT2D eigenvalue weighted by Crippen LogP contribution is -2.44. The first-order valence-corrected chi connectivity index (χ1v) is 10.6. The molecule has 6 nitrogen and oxygen atoms in total. The third-order valence-corrected chi connectivity index (χ3v) is 6.12. The Morgan fingerprint density at radius 1 is 0.931 bits per heavy atom. The zero-order valence-corrected chi connectivity index (χ0v) is 17.5. The normalized spacial score (nSPS) is 18.7. The van der Waals surface area contributed by atoms with Crippen molar-refractivity contribution >= 4 is 23.0 Å². The Kier molecular flexibility index (Phi) is 6.00. The number of hydrogen-bond donors (Lipinski definition) is 1. The number of carbonyl (C=O) groups excluding carboxylic acids is 1. The summed E-state index contributed by atoms with van der Waals surface area (Å²) in [6.45, 7) is 8.55. The van der Waals surface area contributed by atoms with Crippen LogP contribution in [-0.2, 0) is 0 Å². The van der Waals surface area contributed by atoms with E-state index in [2.05, 4.69) is 51.1 Å². The summed E-state index contributed by atoms with van der Waals surface area (Å²) >= 11 is 0. The number of anilines is 3. The van der Waals surface area contributed by atoms with Crippen LogP contribution in [0.4, 0.5) is 17.1 Å². The molecule has 0 atom stereocenters. The smallest absolute Gasteiger partial charge is 0.274 e. The highest BCUT2D eigenvalue weighted by molar-refractivity contribution is 6.03. The third-order valence-electron chi connectivity index (χ3n) is 6.12. The molecule has 3 heterocycles. The summed E-state index contributed by atoms with van der Waals surface area (Å²) in [7, 11) is 2.14. The van der Waals surface area contributed by atoms with Gasteiger partial charge in [0.1, 0.15) is 5.69 Å². The van der Waals surface area contributed by atoms with Crippen LogP contribution in [0.2, 0.25) is 0 Å². The summed E-state index contributed by atoms with van der Waals surface area (Å²) in [4.78, 5) is 24.1. The predicted molar refractivity (Wildman–Crippen MR) is 119 cm³/mol. The molecule has 1 N–H and O–H groups in total. The van der Waals surface area contributed by atoms with Gasteiger partial charge in [0, 0.05) is 62.5 Å². The van der Waals surface area contributed by atoms with Gasteiger partial charge in [0.15, 0.2) is 0 Å². The molecule has 4 rings (SSSR count). The van der Waals surface area contributed by atoms with Crippen LogP contribution < -0.4 is 15.1 Å². The molecule has 1 aromatic carbocycles. The molecule has 2 aliphatic heterocycles. The summed E-state index contributed by atoms with van der Waals surface area (Å²) < 4.78 is 0. The molecular formula is C23H31N5O. The minimum absolute atomic E-state index is 0.166. The van der Waals surface area contributed by atoms with Gasteiger partial charge < -0.3 is 20.0 Å². The number of aromatic nitrogens is 1. The van der Waals surface area contributed by atoms with Crippen LogP contribution in [0.25, 0.3) is 0 Å². The van der Waals surface area contributed by atoms with E-state index in [0.29, 0.717) is 5.69 Å². The van der Waals surface area contributed by atoms with Gasteiger partial charge >= 0.3 is 0 Å². The quantitative estimate of drug-likeness (QED) is 0.864. The molecule has 0 spiro atoms. The number of carbonyl (C=O) groups is 1. The summed E-state index contributed by atoms with van der Waals surface area (Å²) in [6, 6.07) is 12.0. The number of rotatable bonds is 4. The number of piperidine rings is 1. The molecule has 154 valence electrons. The third kappa shape index (κ3) is 4.88. The highest BCUT2D eigenvalue weighted by atomic mass is 16.1. The van der Waals surface area contributed by atoms with Crippen LogP contribution in [-0.4, -0.2) is 62.1 Å². The average Bonchev–Trinajstić information content (AvgIpc) is 2.75. The minimum atomic E-state index is -0.166. The van der Waals surface area contributed by atoms with Gasteiger partial charge in [-0.2, -0.15) is 0 Å². The van der Waals surface area contributed by atoms with Crippen molar-refractivity contribution in [2.75, 3.05) is 61.4 Å². The number of pyridine rings is 1. The molecule has 0 unspecified atom stereocenters. The van der Waals surface area contributed by atoms with Crippen molar-refractivity contribution in [3.05, 3.63) is 48.3 Å². The van der Waals surface area contributed by atoms with E-state index in [0.717, 1.165) is 56.6 Å². The van der Waals surface area contributed by atoms with E-state index in [-0.39, 0.29) is 5.91 Å². The molecule has 2 aliphatic rings. The Balaban J connectivity index is 1.38. The fourth-order valence-electron chi connectivity index (χ4n) is 4.02. The lowest BCUT2D eigenvalue weighted by Gasteiger charge is -2.34. The summed E-state index contributed by atoms with van der Waals surface area (Å²) in [6.07, 6.45) is 4.21. The van der Waals surface area contributed by atoms with Gasteiger partial charge in [-0.3, -0.25) is 9.78 Å². The first kappa shape index (κ1) is 19.7. The number of amides is 1. The van der Waals surface area contributed by atoms with Crippen LogP contribution in [0.3, 0.4) is 0 Å². The first-order chi connectivity index (χ1) is 14.1. The number of benzene rings is 1. The molecule has 2 fully saturated rings. The summed E-state index contributed by atoms with van der Waals surface area (Å²) in [5, 5.41) is 2.99. The van der Waals surface area contributed by atoms with Gasteiger partial charge in [0.2, 0.25) is 0 Å². The van der Waals surface area contributed by atoms with Gasteiger partial charge in [0.25, 0.3) is 5.91 Å². The molecule has 0 saturated carbocycles. The SMILES string of the molecule is CC1CCN(c2ccc(NC(=O)c3cc(N4CCN(C)CC4)ccn3)cc2)CC1. The molecule has 0 radical (unpaired) electrons. The number of piperazine rings is 1. The van der Waals surface area contributed by atoms with Crippen molar-refractivity contribution in [1.82, 2.24) is 9.88 Å². The average molecular weight is 394 g/mol. The second-order valence-corrected chi connectivity index (χ2v) is 8.36. The molecule has 2 aromatic rings. The Bertz CT molecular complexity index is 821. The van der Waals surface area contributed by atoms with Gasteiger partial charge in [-0.1, -0.05) is 6.92 Å². The van der Waals surface area contributed by atoms with Crippen LogP contribution in [0.5, 0.6) is 0 Å². The fourth-order valence-corrected chi connectivity index (χ4v) is 4.02. The number of hydrogen-bond acceptors (Lipinski definition) is 5. The van der Waals surface area contributed by atoms with Crippen molar-refractivity contribution in [2.24, 2.45) is 5.92 Å². The van der Waals surface area contributed by atoms with Gasteiger partial charge in [0.05, 0.1) is 0 Å². The monoisotopic (exact) mass is 393 g/mol. The van der Waals surface area contributed by atoms with Crippen molar-refractivity contribution in [3.63, 3.8) is 0 Å². The van der Waals surface area contributed by atoms with E-state index < -0.39 is 0 Å². The molecule has 1 aromatic heterocycles. The second kappa shape index (κ2) is 8.82. The standard InChI is InChI=1S/C23H31N5O/c1-18-8-11-27(12-9-18)20-5-3-19(4-6-20)25-23(29)22-17-21(7-10-24-22)28-15-13-26(2)14-16-28/h3-7,10,17-18H,8-9,11-16H2,1-2H3,(H,25,29). The van der Waals surface area contributed by atoms with E-state index in [4.69, 9.17) is 0 Å². The lowest BCUT2D eigenvalue weighted by molar-refractivity contribution is 0.102. The Morgan fingerprint density at radius 3 is 2.28 bits per heavy atom. The second-order valence-electron chi connectivity index (χ2n) is 8.36. The molecule has 1 amide bonds.